The van der Waals surface area contributed by atoms with Gasteiger partial charge in [-0.15, -0.1) is 0 Å². The third kappa shape index (κ3) is 5.45. The SMILES string of the molecule is CCC(Oc1ccccc1C)C(=O)N(C)CC(=O)N1CCC(C(=O)O)CC1. The third-order valence-electron chi connectivity index (χ3n) is 4.95. The fourth-order valence-corrected chi connectivity index (χ4v) is 3.15. The number of aryl methyl sites for hydroxylation is 1. The molecular weight excluding hydrogens is 348 g/mol. The second kappa shape index (κ2) is 9.39. The molecule has 0 spiro atoms. The predicted molar refractivity (Wildman–Crippen MR) is 100 cm³/mol. The van der Waals surface area contributed by atoms with Crippen LogP contribution >= 0.6 is 0 Å². The van der Waals surface area contributed by atoms with E-state index >= 15 is 0 Å². The number of carboxylic acids is 1. The zero-order valence-electron chi connectivity index (χ0n) is 16.2. The fraction of sp³-hybridized carbons (Fsp3) is 0.550. The van der Waals surface area contributed by atoms with Gasteiger partial charge in [-0.1, -0.05) is 25.1 Å². The van der Waals surface area contributed by atoms with E-state index in [1.54, 1.807) is 11.9 Å². The molecule has 27 heavy (non-hydrogen) atoms. The number of piperidine rings is 1. The van der Waals surface area contributed by atoms with Gasteiger partial charge in [0.25, 0.3) is 5.91 Å². The Morgan fingerprint density at radius 1 is 1.26 bits per heavy atom. The zero-order chi connectivity index (χ0) is 20.0. The molecule has 1 unspecified atom stereocenters. The van der Waals surface area contributed by atoms with E-state index in [0.29, 0.717) is 38.1 Å². The van der Waals surface area contributed by atoms with Gasteiger partial charge in [-0.05, 0) is 37.8 Å². The number of amides is 2. The Morgan fingerprint density at radius 2 is 1.89 bits per heavy atom. The summed E-state index contributed by atoms with van der Waals surface area (Å²) in [6, 6.07) is 7.50. The molecule has 0 saturated carbocycles. The van der Waals surface area contributed by atoms with Crippen LogP contribution in [0.1, 0.15) is 31.7 Å². The van der Waals surface area contributed by atoms with Crippen molar-refractivity contribution < 1.29 is 24.2 Å². The smallest absolute Gasteiger partial charge is 0.306 e. The monoisotopic (exact) mass is 376 g/mol. The van der Waals surface area contributed by atoms with Gasteiger partial charge < -0.3 is 19.6 Å². The number of para-hydroxylation sites is 1. The number of nitrogens with zero attached hydrogens (tertiary/aromatic N) is 2. The van der Waals surface area contributed by atoms with Crippen LogP contribution in [0.3, 0.4) is 0 Å². The molecule has 0 bridgehead atoms. The lowest BCUT2D eigenvalue weighted by molar-refractivity contribution is -0.147. The van der Waals surface area contributed by atoms with Crippen LogP contribution in [0.15, 0.2) is 24.3 Å². The number of carboxylic acid groups (broad SMARTS) is 1. The molecular formula is C20H28N2O5. The van der Waals surface area contributed by atoms with Crippen molar-refractivity contribution in [1.29, 1.82) is 0 Å². The Balaban J connectivity index is 1.90. The van der Waals surface area contributed by atoms with Crippen LogP contribution in [0.2, 0.25) is 0 Å². The van der Waals surface area contributed by atoms with Crippen LogP contribution in [0.5, 0.6) is 5.75 Å². The number of carbonyl (C=O) groups excluding carboxylic acids is 2. The van der Waals surface area contributed by atoms with E-state index in [1.165, 1.54) is 4.90 Å². The Labute approximate surface area is 159 Å². The lowest BCUT2D eigenvalue weighted by Crippen LogP contribution is -2.48. The van der Waals surface area contributed by atoms with Gasteiger partial charge in [0.2, 0.25) is 5.91 Å². The number of rotatable bonds is 7. The van der Waals surface area contributed by atoms with E-state index < -0.39 is 12.1 Å². The maximum Gasteiger partial charge on any atom is 0.306 e. The van der Waals surface area contributed by atoms with Crippen LogP contribution < -0.4 is 4.74 Å². The molecule has 2 rings (SSSR count). The van der Waals surface area contributed by atoms with Gasteiger partial charge in [-0.25, -0.2) is 0 Å². The Hall–Kier alpha value is -2.57. The number of ether oxygens (including phenoxy) is 1. The van der Waals surface area contributed by atoms with Crippen molar-refractivity contribution in [2.24, 2.45) is 5.92 Å². The van der Waals surface area contributed by atoms with Gasteiger partial charge in [-0.2, -0.15) is 0 Å². The summed E-state index contributed by atoms with van der Waals surface area (Å²) in [5, 5.41) is 9.04. The quantitative estimate of drug-likeness (QED) is 0.786. The molecule has 1 atom stereocenters. The largest absolute Gasteiger partial charge is 0.481 e. The van der Waals surface area contributed by atoms with Gasteiger partial charge in [-0.3, -0.25) is 14.4 Å². The summed E-state index contributed by atoms with van der Waals surface area (Å²) in [7, 11) is 1.59. The highest BCUT2D eigenvalue weighted by molar-refractivity contribution is 5.87. The number of hydrogen-bond donors (Lipinski definition) is 1. The zero-order valence-corrected chi connectivity index (χ0v) is 16.2. The summed E-state index contributed by atoms with van der Waals surface area (Å²) in [5.74, 6) is -0.947. The minimum atomic E-state index is -0.812. The molecule has 1 aromatic rings. The van der Waals surface area contributed by atoms with Crippen LogP contribution in [0.25, 0.3) is 0 Å². The van der Waals surface area contributed by atoms with Crippen molar-refractivity contribution in [2.45, 2.75) is 39.2 Å². The molecule has 1 N–H and O–H groups in total. The molecule has 1 saturated heterocycles. The molecule has 7 heteroatoms. The second-order valence-electron chi connectivity index (χ2n) is 6.97. The van der Waals surface area contributed by atoms with E-state index in [4.69, 9.17) is 9.84 Å². The molecule has 0 radical (unpaired) electrons. The van der Waals surface area contributed by atoms with Crippen LogP contribution in [-0.4, -0.2) is 65.5 Å². The lowest BCUT2D eigenvalue weighted by Gasteiger charge is -2.32. The molecule has 1 heterocycles. The molecule has 148 valence electrons. The van der Waals surface area contributed by atoms with Crippen molar-refractivity contribution in [1.82, 2.24) is 9.80 Å². The van der Waals surface area contributed by atoms with Gasteiger partial charge in [0.1, 0.15) is 5.75 Å². The predicted octanol–water partition coefficient (Wildman–Crippen LogP) is 1.93. The Morgan fingerprint density at radius 3 is 2.44 bits per heavy atom. The van der Waals surface area contributed by atoms with E-state index in [-0.39, 0.29) is 24.3 Å². The normalized spacial score (nSPS) is 15.9. The first-order valence-electron chi connectivity index (χ1n) is 9.31. The number of likely N-dealkylation sites (tertiary alicyclic amines) is 1. The molecule has 7 nitrogen and oxygen atoms in total. The number of carbonyl (C=O) groups is 3. The van der Waals surface area contributed by atoms with Crippen molar-refractivity contribution in [3.63, 3.8) is 0 Å². The van der Waals surface area contributed by atoms with Crippen molar-refractivity contribution >= 4 is 17.8 Å². The molecule has 1 aliphatic rings. The topological polar surface area (TPSA) is 87.2 Å². The van der Waals surface area contributed by atoms with Crippen molar-refractivity contribution in [3.05, 3.63) is 29.8 Å². The fourth-order valence-electron chi connectivity index (χ4n) is 3.15. The van der Waals surface area contributed by atoms with E-state index in [2.05, 4.69) is 0 Å². The van der Waals surface area contributed by atoms with Crippen LogP contribution in [-0.2, 0) is 14.4 Å². The molecule has 2 amide bonds. The van der Waals surface area contributed by atoms with Crippen molar-refractivity contribution in [2.75, 3.05) is 26.7 Å². The van der Waals surface area contributed by atoms with Crippen LogP contribution in [0, 0.1) is 12.8 Å². The molecule has 1 fully saturated rings. The average molecular weight is 376 g/mol. The summed E-state index contributed by atoms with van der Waals surface area (Å²) < 4.78 is 5.86. The summed E-state index contributed by atoms with van der Waals surface area (Å²) in [6.45, 7) is 4.57. The average Bonchev–Trinajstić information content (AvgIpc) is 2.66. The summed E-state index contributed by atoms with van der Waals surface area (Å²) in [5.41, 5.74) is 0.948. The van der Waals surface area contributed by atoms with Gasteiger partial charge in [0.05, 0.1) is 12.5 Å². The standard InChI is InChI=1S/C20H28N2O5/c1-4-16(27-17-8-6-5-7-14(17)2)19(24)21(3)13-18(23)22-11-9-15(10-12-22)20(25)26/h5-8,15-16H,4,9-13H2,1-3H3,(H,25,26). The van der Waals surface area contributed by atoms with Crippen molar-refractivity contribution in [3.8, 4) is 5.75 Å². The lowest BCUT2D eigenvalue weighted by atomic mass is 9.97. The van der Waals surface area contributed by atoms with Crippen LogP contribution in [0.4, 0.5) is 0 Å². The number of aliphatic carboxylic acids is 1. The molecule has 0 aliphatic carbocycles. The maximum absolute atomic E-state index is 12.7. The second-order valence-corrected chi connectivity index (χ2v) is 6.97. The van der Waals surface area contributed by atoms with Gasteiger partial charge >= 0.3 is 5.97 Å². The van der Waals surface area contributed by atoms with Gasteiger partial charge in [0.15, 0.2) is 6.10 Å². The maximum atomic E-state index is 12.7. The Kier molecular flexibility index (Phi) is 7.21. The van der Waals surface area contributed by atoms with Gasteiger partial charge in [0, 0.05) is 20.1 Å². The minimum Gasteiger partial charge on any atom is -0.481 e. The first-order chi connectivity index (χ1) is 12.8. The summed E-state index contributed by atoms with van der Waals surface area (Å²) in [6.07, 6.45) is 0.747. The highest BCUT2D eigenvalue weighted by Gasteiger charge is 2.29. The Bertz CT molecular complexity index is 683. The van der Waals surface area contributed by atoms with E-state index in [9.17, 15) is 14.4 Å². The molecule has 1 aromatic carbocycles. The molecule has 1 aliphatic heterocycles. The highest BCUT2D eigenvalue weighted by atomic mass is 16.5. The first-order valence-corrected chi connectivity index (χ1v) is 9.31. The van der Waals surface area contributed by atoms with E-state index in [0.717, 1.165) is 5.56 Å². The number of hydrogen-bond acceptors (Lipinski definition) is 4. The highest BCUT2D eigenvalue weighted by Crippen LogP contribution is 2.20. The first kappa shape index (κ1) is 20.7. The number of benzene rings is 1. The minimum absolute atomic E-state index is 0.0375. The number of likely N-dealkylation sites (N-methyl/N-ethyl adjacent to an activating group) is 1. The summed E-state index contributed by atoms with van der Waals surface area (Å²) >= 11 is 0. The van der Waals surface area contributed by atoms with E-state index in [1.807, 2.05) is 38.1 Å². The third-order valence-corrected chi connectivity index (χ3v) is 4.95. The summed E-state index contributed by atoms with van der Waals surface area (Å²) in [4.78, 5) is 39.2. The molecule has 0 aromatic heterocycles.